The molecular weight excluding hydrogens is 338 g/mol. The standard InChI is InChI=1S/C19H13NO4S/c1-2-24-19(23)14-13-16(20-15(14)12-8-5-9-25-12)18(22)11-7-4-3-6-10(11)17(13)21/h3-9,20H,2H2,1H3. The average molecular weight is 351 g/mol. The molecule has 0 aliphatic heterocycles. The lowest BCUT2D eigenvalue weighted by Crippen LogP contribution is -2.22. The second-order valence-electron chi connectivity index (χ2n) is 5.53. The van der Waals surface area contributed by atoms with Gasteiger partial charge in [-0.25, -0.2) is 4.79 Å². The molecule has 0 saturated heterocycles. The number of H-pyrrole nitrogens is 1. The zero-order valence-corrected chi connectivity index (χ0v) is 14.1. The summed E-state index contributed by atoms with van der Waals surface area (Å²) in [6.07, 6.45) is 0. The van der Waals surface area contributed by atoms with E-state index in [0.29, 0.717) is 16.8 Å². The minimum atomic E-state index is -0.607. The largest absolute Gasteiger partial charge is 0.462 e. The molecule has 1 aliphatic rings. The number of nitrogens with one attached hydrogen (secondary N) is 1. The Morgan fingerprint density at radius 3 is 2.40 bits per heavy atom. The summed E-state index contributed by atoms with van der Waals surface area (Å²) < 4.78 is 5.14. The molecule has 4 rings (SSSR count). The van der Waals surface area contributed by atoms with E-state index >= 15 is 0 Å². The Balaban J connectivity index is 2.01. The third kappa shape index (κ3) is 2.26. The van der Waals surface area contributed by atoms with Gasteiger partial charge in [-0.1, -0.05) is 30.3 Å². The molecule has 1 aliphatic carbocycles. The van der Waals surface area contributed by atoms with E-state index in [-0.39, 0.29) is 35.0 Å². The number of rotatable bonds is 3. The van der Waals surface area contributed by atoms with Gasteiger partial charge in [0.05, 0.1) is 34.0 Å². The topological polar surface area (TPSA) is 76.2 Å². The summed E-state index contributed by atoms with van der Waals surface area (Å²) in [6, 6.07) is 10.3. The van der Waals surface area contributed by atoms with Crippen LogP contribution in [0.3, 0.4) is 0 Å². The van der Waals surface area contributed by atoms with Crippen LogP contribution in [0.5, 0.6) is 0 Å². The predicted molar refractivity (Wildman–Crippen MR) is 93.4 cm³/mol. The van der Waals surface area contributed by atoms with E-state index in [1.807, 2.05) is 17.5 Å². The van der Waals surface area contributed by atoms with Gasteiger partial charge < -0.3 is 9.72 Å². The molecule has 1 N–H and O–H groups in total. The van der Waals surface area contributed by atoms with Crippen LogP contribution in [0.4, 0.5) is 0 Å². The number of thiophene rings is 1. The van der Waals surface area contributed by atoms with Crippen LogP contribution in [0.25, 0.3) is 10.6 Å². The molecule has 0 radical (unpaired) electrons. The second kappa shape index (κ2) is 5.82. The molecule has 0 atom stereocenters. The number of benzene rings is 1. The van der Waals surface area contributed by atoms with Crippen molar-refractivity contribution in [1.29, 1.82) is 0 Å². The van der Waals surface area contributed by atoms with Crippen molar-refractivity contribution in [3.8, 4) is 10.6 Å². The first-order valence-electron chi connectivity index (χ1n) is 7.78. The lowest BCUT2D eigenvalue weighted by Gasteiger charge is -2.14. The summed E-state index contributed by atoms with van der Waals surface area (Å²) in [5.41, 5.74) is 1.48. The van der Waals surface area contributed by atoms with Crippen LogP contribution in [0.2, 0.25) is 0 Å². The quantitative estimate of drug-likeness (QED) is 0.571. The molecule has 2 aromatic heterocycles. The number of carbonyl (C=O) groups excluding carboxylic acids is 3. The number of carbonyl (C=O) groups is 3. The Bertz CT molecular complexity index is 1010. The van der Waals surface area contributed by atoms with Gasteiger partial charge in [-0.05, 0) is 18.4 Å². The smallest absolute Gasteiger partial charge is 0.341 e. The van der Waals surface area contributed by atoms with E-state index in [0.717, 1.165) is 4.88 Å². The summed E-state index contributed by atoms with van der Waals surface area (Å²) in [7, 11) is 0. The SMILES string of the molecule is CCOC(=O)c1c(-c2cccs2)[nH]c2c1C(=O)c1ccccc1C2=O. The Kier molecular flexibility index (Phi) is 3.62. The third-order valence-corrected chi connectivity index (χ3v) is 5.00. The summed E-state index contributed by atoms with van der Waals surface area (Å²) in [5, 5.41) is 1.86. The highest BCUT2D eigenvalue weighted by atomic mass is 32.1. The average Bonchev–Trinajstić information content (AvgIpc) is 3.27. The van der Waals surface area contributed by atoms with E-state index in [1.165, 1.54) is 11.3 Å². The maximum Gasteiger partial charge on any atom is 0.341 e. The lowest BCUT2D eigenvalue weighted by molar-refractivity contribution is 0.0525. The summed E-state index contributed by atoms with van der Waals surface area (Å²) in [5.74, 6) is -1.24. The van der Waals surface area contributed by atoms with Gasteiger partial charge in [-0.3, -0.25) is 9.59 Å². The van der Waals surface area contributed by atoms with E-state index in [2.05, 4.69) is 4.98 Å². The fourth-order valence-corrected chi connectivity index (χ4v) is 3.79. The maximum absolute atomic E-state index is 13.0. The number of esters is 1. The molecule has 0 bridgehead atoms. The van der Waals surface area contributed by atoms with Crippen molar-refractivity contribution in [2.45, 2.75) is 6.92 Å². The van der Waals surface area contributed by atoms with Gasteiger partial charge in [-0.2, -0.15) is 0 Å². The minimum absolute atomic E-state index is 0.102. The maximum atomic E-state index is 13.0. The normalized spacial score (nSPS) is 12.7. The van der Waals surface area contributed by atoms with Crippen molar-refractivity contribution in [3.05, 3.63) is 69.7 Å². The van der Waals surface area contributed by atoms with Crippen LogP contribution >= 0.6 is 11.3 Å². The molecule has 0 saturated carbocycles. The summed E-state index contributed by atoms with van der Waals surface area (Å²) in [4.78, 5) is 42.2. The molecular formula is C19H13NO4S. The van der Waals surface area contributed by atoms with Gasteiger partial charge in [0.1, 0.15) is 0 Å². The van der Waals surface area contributed by atoms with Gasteiger partial charge in [-0.15, -0.1) is 11.3 Å². The Morgan fingerprint density at radius 1 is 1.04 bits per heavy atom. The van der Waals surface area contributed by atoms with E-state index in [4.69, 9.17) is 4.74 Å². The molecule has 25 heavy (non-hydrogen) atoms. The molecule has 3 aromatic rings. The van der Waals surface area contributed by atoms with Gasteiger partial charge in [0.25, 0.3) is 0 Å². The fourth-order valence-electron chi connectivity index (χ4n) is 3.06. The number of aromatic nitrogens is 1. The van der Waals surface area contributed by atoms with Crippen molar-refractivity contribution in [2.75, 3.05) is 6.61 Å². The van der Waals surface area contributed by atoms with Crippen LogP contribution in [0.15, 0.2) is 41.8 Å². The third-order valence-electron chi connectivity index (χ3n) is 4.12. The van der Waals surface area contributed by atoms with Crippen LogP contribution in [0, 0.1) is 0 Å². The van der Waals surface area contributed by atoms with Crippen molar-refractivity contribution in [2.24, 2.45) is 0 Å². The summed E-state index contributed by atoms with van der Waals surface area (Å²) in [6.45, 7) is 1.88. The number of aromatic amines is 1. The highest BCUT2D eigenvalue weighted by Gasteiger charge is 2.38. The second-order valence-corrected chi connectivity index (χ2v) is 6.47. The molecule has 0 unspecified atom stereocenters. The summed E-state index contributed by atoms with van der Waals surface area (Å²) >= 11 is 1.41. The Hall–Kier alpha value is -2.99. The zero-order valence-electron chi connectivity index (χ0n) is 13.3. The van der Waals surface area contributed by atoms with E-state index < -0.39 is 5.97 Å². The minimum Gasteiger partial charge on any atom is -0.462 e. The van der Waals surface area contributed by atoms with Crippen molar-refractivity contribution in [1.82, 2.24) is 4.98 Å². The molecule has 1 aromatic carbocycles. The van der Waals surface area contributed by atoms with Crippen LogP contribution in [-0.2, 0) is 4.74 Å². The highest BCUT2D eigenvalue weighted by Crippen LogP contribution is 2.37. The Labute approximate surface area is 147 Å². The number of fused-ring (bicyclic) bond motifs is 2. The predicted octanol–water partition coefficient (Wildman–Crippen LogP) is 3.70. The van der Waals surface area contributed by atoms with Gasteiger partial charge in [0.15, 0.2) is 5.78 Å². The van der Waals surface area contributed by atoms with Crippen LogP contribution in [0.1, 0.15) is 49.3 Å². The molecule has 0 amide bonds. The molecule has 124 valence electrons. The highest BCUT2D eigenvalue weighted by molar-refractivity contribution is 7.13. The van der Waals surface area contributed by atoms with Gasteiger partial charge >= 0.3 is 5.97 Å². The molecule has 0 fully saturated rings. The number of ketones is 2. The van der Waals surface area contributed by atoms with Gasteiger partial charge in [0.2, 0.25) is 5.78 Å². The molecule has 2 heterocycles. The Morgan fingerprint density at radius 2 is 1.76 bits per heavy atom. The van der Waals surface area contributed by atoms with Crippen molar-refractivity contribution in [3.63, 3.8) is 0 Å². The molecule has 5 nitrogen and oxygen atoms in total. The van der Waals surface area contributed by atoms with Crippen molar-refractivity contribution >= 4 is 28.9 Å². The molecule has 0 spiro atoms. The first kappa shape index (κ1) is 15.5. The zero-order chi connectivity index (χ0) is 17.6. The first-order valence-corrected chi connectivity index (χ1v) is 8.66. The lowest BCUT2D eigenvalue weighted by atomic mass is 9.86. The number of hydrogen-bond donors (Lipinski definition) is 1. The molecule has 6 heteroatoms. The van der Waals surface area contributed by atoms with Crippen molar-refractivity contribution < 1.29 is 19.1 Å². The monoisotopic (exact) mass is 351 g/mol. The van der Waals surface area contributed by atoms with Gasteiger partial charge in [0, 0.05) is 11.1 Å². The van der Waals surface area contributed by atoms with Crippen LogP contribution < -0.4 is 0 Å². The first-order chi connectivity index (χ1) is 12.1. The fraction of sp³-hybridized carbons (Fsp3) is 0.105. The van der Waals surface area contributed by atoms with E-state index in [9.17, 15) is 14.4 Å². The number of hydrogen-bond acceptors (Lipinski definition) is 5. The van der Waals surface area contributed by atoms with E-state index in [1.54, 1.807) is 31.2 Å². The van der Waals surface area contributed by atoms with Crippen LogP contribution in [-0.4, -0.2) is 29.1 Å². The number of ether oxygens (including phenoxy) is 1.